The molecule has 5 heteroatoms. The molecule has 4 nitrogen and oxygen atoms in total. The maximum absolute atomic E-state index is 12.1. The van der Waals surface area contributed by atoms with E-state index in [1.165, 1.54) is 0 Å². The second-order valence-corrected chi connectivity index (χ2v) is 5.72. The van der Waals surface area contributed by atoms with Gasteiger partial charge in [0, 0.05) is 38.2 Å². The smallest absolute Gasteiger partial charge is 0.236 e. The third-order valence-electron chi connectivity index (χ3n) is 2.96. The number of methoxy groups -OCH3 is 1. The van der Waals surface area contributed by atoms with E-state index in [2.05, 4.69) is 4.98 Å². The largest absolute Gasteiger partial charge is 0.385 e. The van der Waals surface area contributed by atoms with Gasteiger partial charge in [0.2, 0.25) is 5.91 Å². The Hall–Kier alpha value is -1.07. The van der Waals surface area contributed by atoms with Crippen LogP contribution in [0.3, 0.4) is 0 Å². The number of carbonyl (C=O) groups excluding carboxylic acids is 1. The van der Waals surface area contributed by atoms with Gasteiger partial charge in [0.25, 0.3) is 0 Å². The maximum atomic E-state index is 12.1. The summed E-state index contributed by atoms with van der Waals surface area (Å²) in [5, 5.41) is 0.121. The average molecular weight is 266 g/mol. The zero-order valence-corrected chi connectivity index (χ0v) is 11.5. The summed E-state index contributed by atoms with van der Waals surface area (Å²) in [5.41, 5.74) is 1.10. The number of aromatic nitrogens is 1. The van der Waals surface area contributed by atoms with Crippen LogP contribution < -0.4 is 0 Å². The summed E-state index contributed by atoms with van der Waals surface area (Å²) in [7, 11) is 1.68. The molecule has 0 bridgehead atoms. The standard InChI is InChI=1S/C13H18N2O2S/c1-10-12(16)15(7-4-8-17-2)13(18-10)11-5-3-6-14-9-11/h3,5-6,9-10,13H,4,7-8H2,1-2H3/t10-,13+/m1/s1. The van der Waals surface area contributed by atoms with Gasteiger partial charge in [-0.15, -0.1) is 11.8 Å². The zero-order chi connectivity index (χ0) is 13.0. The van der Waals surface area contributed by atoms with Crippen molar-refractivity contribution in [1.29, 1.82) is 0 Å². The Kier molecular flexibility index (Phi) is 4.60. The second kappa shape index (κ2) is 6.20. The predicted octanol–water partition coefficient (Wildman–Crippen LogP) is 2.08. The summed E-state index contributed by atoms with van der Waals surface area (Å²) in [6.07, 6.45) is 4.46. The van der Waals surface area contributed by atoms with E-state index < -0.39 is 0 Å². The Labute approximate surface area is 112 Å². The van der Waals surface area contributed by atoms with Gasteiger partial charge in [-0.2, -0.15) is 0 Å². The Morgan fingerprint density at radius 3 is 3.06 bits per heavy atom. The van der Waals surface area contributed by atoms with Crippen LogP contribution in [0.1, 0.15) is 24.3 Å². The van der Waals surface area contributed by atoms with Gasteiger partial charge in [0.1, 0.15) is 5.37 Å². The van der Waals surface area contributed by atoms with Gasteiger partial charge in [-0.05, 0) is 19.4 Å². The molecule has 0 radical (unpaired) electrons. The topological polar surface area (TPSA) is 42.4 Å². The van der Waals surface area contributed by atoms with Crippen molar-refractivity contribution in [3.05, 3.63) is 30.1 Å². The first-order valence-corrected chi connectivity index (χ1v) is 7.03. The fraction of sp³-hybridized carbons (Fsp3) is 0.538. The molecule has 0 unspecified atom stereocenters. The first-order chi connectivity index (χ1) is 8.74. The Morgan fingerprint density at radius 2 is 2.39 bits per heavy atom. The normalized spacial score (nSPS) is 23.7. The van der Waals surface area contributed by atoms with Crippen molar-refractivity contribution in [3.63, 3.8) is 0 Å². The number of nitrogens with zero attached hydrogens (tertiary/aromatic N) is 2. The van der Waals surface area contributed by atoms with Crippen LogP contribution in [0.15, 0.2) is 24.5 Å². The molecule has 2 atom stereocenters. The van der Waals surface area contributed by atoms with Gasteiger partial charge in [-0.3, -0.25) is 9.78 Å². The molecule has 0 saturated carbocycles. The molecule has 1 aliphatic rings. The van der Waals surface area contributed by atoms with E-state index in [4.69, 9.17) is 4.74 Å². The quantitative estimate of drug-likeness (QED) is 0.765. The lowest BCUT2D eigenvalue weighted by Gasteiger charge is -2.23. The van der Waals surface area contributed by atoms with Gasteiger partial charge in [-0.25, -0.2) is 0 Å². The summed E-state index contributed by atoms with van der Waals surface area (Å²) in [6.45, 7) is 3.39. The highest BCUT2D eigenvalue weighted by Crippen LogP contribution is 2.42. The molecule has 98 valence electrons. The number of thioether (sulfide) groups is 1. The fourth-order valence-corrected chi connectivity index (χ4v) is 3.35. The van der Waals surface area contributed by atoms with Gasteiger partial charge in [0.15, 0.2) is 0 Å². The Balaban J connectivity index is 2.10. The molecule has 18 heavy (non-hydrogen) atoms. The molecule has 1 aromatic heterocycles. The van der Waals surface area contributed by atoms with Crippen LogP contribution in [0, 0.1) is 0 Å². The van der Waals surface area contributed by atoms with E-state index in [-0.39, 0.29) is 16.5 Å². The average Bonchev–Trinajstić information content (AvgIpc) is 2.68. The van der Waals surface area contributed by atoms with Crippen molar-refractivity contribution in [2.45, 2.75) is 24.0 Å². The predicted molar refractivity (Wildman–Crippen MR) is 72.2 cm³/mol. The SMILES string of the molecule is COCCCN1C(=O)[C@@H](C)S[C@H]1c1cccnc1. The lowest BCUT2D eigenvalue weighted by molar-refractivity contribution is -0.130. The molecular weight excluding hydrogens is 248 g/mol. The van der Waals surface area contributed by atoms with Crippen molar-refractivity contribution >= 4 is 17.7 Å². The van der Waals surface area contributed by atoms with Crippen LogP contribution in [-0.2, 0) is 9.53 Å². The van der Waals surface area contributed by atoms with Crippen molar-refractivity contribution in [2.75, 3.05) is 20.3 Å². The second-order valence-electron chi connectivity index (χ2n) is 4.30. The molecule has 1 saturated heterocycles. The van der Waals surface area contributed by atoms with Crippen LogP contribution in [0.4, 0.5) is 0 Å². The number of hydrogen-bond donors (Lipinski definition) is 0. The molecular formula is C13H18N2O2S. The molecule has 2 rings (SSSR count). The monoisotopic (exact) mass is 266 g/mol. The zero-order valence-electron chi connectivity index (χ0n) is 10.7. The number of pyridine rings is 1. The molecule has 1 amide bonds. The lowest BCUT2D eigenvalue weighted by Crippen LogP contribution is -2.31. The highest BCUT2D eigenvalue weighted by atomic mass is 32.2. The van der Waals surface area contributed by atoms with E-state index in [1.807, 2.05) is 30.2 Å². The first-order valence-electron chi connectivity index (χ1n) is 6.09. The number of amides is 1. The van der Waals surface area contributed by atoms with E-state index in [9.17, 15) is 4.79 Å². The van der Waals surface area contributed by atoms with Crippen LogP contribution >= 0.6 is 11.8 Å². The lowest BCUT2D eigenvalue weighted by atomic mass is 10.2. The van der Waals surface area contributed by atoms with Crippen molar-refractivity contribution in [1.82, 2.24) is 9.88 Å². The third-order valence-corrected chi connectivity index (χ3v) is 4.36. The highest BCUT2D eigenvalue weighted by molar-refractivity contribution is 8.01. The number of ether oxygens (including phenoxy) is 1. The van der Waals surface area contributed by atoms with Gasteiger partial charge in [0.05, 0.1) is 5.25 Å². The first kappa shape index (κ1) is 13.4. The van der Waals surface area contributed by atoms with Crippen LogP contribution in [-0.4, -0.2) is 41.3 Å². The highest BCUT2D eigenvalue weighted by Gasteiger charge is 2.37. The number of carbonyl (C=O) groups is 1. The molecule has 1 aliphatic heterocycles. The summed E-state index contributed by atoms with van der Waals surface area (Å²) in [4.78, 5) is 18.2. The van der Waals surface area contributed by atoms with E-state index in [0.717, 1.165) is 18.5 Å². The minimum absolute atomic E-state index is 0.0257. The Bertz CT molecular complexity index is 399. The van der Waals surface area contributed by atoms with Gasteiger partial charge < -0.3 is 9.64 Å². The Morgan fingerprint density at radius 1 is 1.56 bits per heavy atom. The van der Waals surface area contributed by atoms with Crippen LogP contribution in [0.25, 0.3) is 0 Å². The van der Waals surface area contributed by atoms with Crippen molar-refractivity contribution in [3.8, 4) is 0 Å². The molecule has 0 aliphatic carbocycles. The van der Waals surface area contributed by atoms with Gasteiger partial charge in [-0.1, -0.05) is 6.07 Å². The minimum atomic E-state index is 0.0257. The maximum Gasteiger partial charge on any atom is 0.236 e. The summed E-state index contributed by atoms with van der Waals surface area (Å²) in [6, 6.07) is 3.94. The summed E-state index contributed by atoms with van der Waals surface area (Å²) >= 11 is 1.69. The van der Waals surface area contributed by atoms with E-state index in [1.54, 1.807) is 25.1 Å². The molecule has 0 aromatic carbocycles. The van der Waals surface area contributed by atoms with Gasteiger partial charge >= 0.3 is 0 Å². The fourth-order valence-electron chi connectivity index (χ4n) is 2.06. The molecule has 2 heterocycles. The number of rotatable bonds is 5. The summed E-state index contributed by atoms with van der Waals surface area (Å²) in [5.74, 6) is 0.213. The molecule has 0 N–H and O–H groups in total. The van der Waals surface area contributed by atoms with Crippen LogP contribution in [0.2, 0.25) is 0 Å². The third kappa shape index (κ3) is 2.84. The molecule has 0 spiro atoms. The molecule has 1 fully saturated rings. The van der Waals surface area contributed by atoms with Crippen molar-refractivity contribution < 1.29 is 9.53 Å². The number of hydrogen-bond acceptors (Lipinski definition) is 4. The minimum Gasteiger partial charge on any atom is -0.385 e. The van der Waals surface area contributed by atoms with E-state index >= 15 is 0 Å². The van der Waals surface area contributed by atoms with E-state index in [0.29, 0.717) is 6.61 Å². The molecule has 1 aromatic rings. The summed E-state index contributed by atoms with van der Waals surface area (Å²) < 4.78 is 5.05. The van der Waals surface area contributed by atoms with Crippen LogP contribution in [0.5, 0.6) is 0 Å². The van der Waals surface area contributed by atoms with Crippen molar-refractivity contribution in [2.24, 2.45) is 0 Å².